The molecule has 0 saturated heterocycles. The molecule has 5 nitrogen and oxygen atoms in total. The molecule has 0 atom stereocenters. The highest BCUT2D eigenvalue weighted by Gasteiger charge is 2.10. The quantitative estimate of drug-likeness (QED) is 0.447. The van der Waals surface area contributed by atoms with Crippen LogP contribution >= 0.6 is 27.3 Å². The maximum absolute atomic E-state index is 12.5. The molecule has 0 aliphatic rings. The van der Waals surface area contributed by atoms with Crippen molar-refractivity contribution in [3.05, 3.63) is 99.2 Å². The highest BCUT2D eigenvalue weighted by molar-refractivity contribution is 9.10. The maximum Gasteiger partial charge on any atom is 0.257 e. The van der Waals surface area contributed by atoms with Crippen LogP contribution in [0.25, 0.3) is 0 Å². The number of rotatable bonds is 6. The van der Waals surface area contributed by atoms with E-state index in [4.69, 9.17) is 0 Å². The molecule has 7 heteroatoms. The Morgan fingerprint density at radius 2 is 1.82 bits per heavy atom. The summed E-state index contributed by atoms with van der Waals surface area (Å²) in [6.07, 6.45) is 6.27. The van der Waals surface area contributed by atoms with Crippen molar-refractivity contribution in [3.63, 3.8) is 0 Å². The van der Waals surface area contributed by atoms with Crippen molar-refractivity contribution in [3.8, 4) is 0 Å². The number of halogens is 1. The molecule has 140 valence electrons. The summed E-state index contributed by atoms with van der Waals surface area (Å²) in [5.41, 5.74) is 2.90. The number of aromatic nitrogens is 3. The molecule has 0 unspecified atom stereocenters. The van der Waals surface area contributed by atoms with E-state index in [1.54, 1.807) is 6.20 Å². The van der Waals surface area contributed by atoms with E-state index in [9.17, 15) is 4.79 Å². The molecule has 0 bridgehead atoms. The zero-order valence-corrected chi connectivity index (χ0v) is 17.3. The Kier molecular flexibility index (Phi) is 5.64. The number of carbonyl (C=O) groups is 1. The number of nitrogens with one attached hydrogen (secondary N) is 1. The third kappa shape index (κ3) is 4.74. The summed E-state index contributed by atoms with van der Waals surface area (Å²) < 4.78 is 2.90. The Morgan fingerprint density at radius 1 is 1.07 bits per heavy atom. The van der Waals surface area contributed by atoms with Crippen molar-refractivity contribution in [1.29, 1.82) is 0 Å². The highest BCUT2D eigenvalue weighted by atomic mass is 79.9. The molecular formula is C21H17BrN4OS. The van der Waals surface area contributed by atoms with Crippen molar-refractivity contribution in [2.24, 2.45) is 0 Å². The van der Waals surface area contributed by atoms with Crippen LogP contribution in [0.1, 0.15) is 26.4 Å². The second-order valence-corrected chi connectivity index (χ2v) is 8.32. The first kappa shape index (κ1) is 18.6. The topological polar surface area (TPSA) is 59.8 Å². The first-order valence-electron chi connectivity index (χ1n) is 8.72. The largest absolute Gasteiger partial charge is 0.298 e. The summed E-state index contributed by atoms with van der Waals surface area (Å²) >= 11 is 4.94. The van der Waals surface area contributed by atoms with E-state index in [2.05, 4.69) is 43.5 Å². The lowest BCUT2D eigenvalue weighted by molar-refractivity contribution is 0.102. The van der Waals surface area contributed by atoms with Crippen LogP contribution in [0.5, 0.6) is 0 Å². The summed E-state index contributed by atoms with van der Waals surface area (Å²) in [4.78, 5) is 17.9. The fourth-order valence-electron chi connectivity index (χ4n) is 2.76. The van der Waals surface area contributed by atoms with Gasteiger partial charge in [0.25, 0.3) is 5.91 Å². The molecule has 0 radical (unpaired) electrons. The third-order valence-electron chi connectivity index (χ3n) is 4.19. The van der Waals surface area contributed by atoms with Gasteiger partial charge < -0.3 is 0 Å². The number of carbonyl (C=O) groups excluding carboxylic acids is 1. The van der Waals surface area contributed by atoms with Crippen molar-refractivity contribution in [2.45, 2.75) is 13.0 Å². The van der Waals surface area contributed by atoms with E-state index < -0.39 is 0 Å². The van der Waals surface area contributed by atoms with Gasteiger partial charge in [0.05, 0.1) is 6.54 Å². The molecule has 2 aromatic heterocycles. The Balaban J connectivity index is 1.37. The predicted molar refractivity (Wildman–Crippen MR) is 115 cm³/mol. The number of anilines is 1. The molecule has 0 spiro atoms. The number of nitrogens with zero attached hydrogens (tertiary/aromatic N) is 3. The normalized spacial score (nSPS) is 10.8. The molecule has 0 aliphatic carbocycles. The summed E-state index contributed by atoms with van der Waals surface area (Å²) in [5, 5.41) is 7.68. The lowest BCUT2D eigenvalue weighted by atomic mass is 10.1. The third-order valence-corrected chi connectivity index (χ3v) is 5.63. The lowest BCUT2D eigenvalue weighted by Crippen LogP contribution is -2.11. The molecule has 4 aromatic rings. The van der Waals surface area contributed by atoms with Crippen molar-refractivity contribution >= 4 is 38.3 Å². The van der Waals surface area contributed by atoms with E-state index >= 15 is 0 Å². The van der Waals surface area contributed by atoms with Crippen molar-refractivity contribution in [1.82, 2.24) is 14.8 Å². The van der Waals surface area contributed by atoms with Crippen LogP contribution in [-0.4, -0.2) is 20.7 Å². The van der Waals surface area contributed by atoms with Gasteiger partial charge in [0.1, 0.15) is 0 Å². The monoisotopic (exact) mass is 452 g/mol. The lowest BCUT2D eigenvalue weighted by Gasteiger charge is -2.05. The van der Waals surface area contributed by atoms with Gasteiger partial charge in [-0.05, 0) is 41.5 Å². The molecule has 0 aliphatic heterocycles. The van der Waals surface area contributed by atoms with Gasteiger partial charge in [-0.15, -0.1) is 11.3 Å². The van der Waals surface area contributed by atoms with Crippen LogP contribution in [0, 0.1) is 0 Å². The molecule has 2 heterocycles. The van der Waals surface area contributed by atoms with Gasteiger partial charge in [0.15, 0.2) is 5.13 Å². The molecule has 0 saturated carbocycles. The molecule has 28 heavy (non-hydrogen) atoms. The van der Waals surface area contributed by atoms with Crippen LogP contribution in [0.15, 0.2) is 77.7 Å². The number of benzene rings is 2. The minimum atomic E-state index is -0.157. The Morgan fingerprint density at radius 3 is 2.54 bits per heavy atom. The van der Waals surface area contributed by atoms with Crippen molar-refractivity contribution in [2.75, 3.05) is 5.32 Å². The number of hydrogen-bond acceptors (Lipinski definition) is 4. The van der Waals surface area contributed by atoms with Crippen LogP contribution in [0.4, 0.5) is 5.13 Å². The SMILES string of the molecule is O=C(Nc1ncc(Cc2ccc(Br)cc2)s1)c1ccc(Cn2cccn2)cc1. The van der Waals surface area contributed by atoms with Gasteiger partial charge in [0.2, 0.25) is 0 Å². The summed E-state index contributed by atoms with van der Waals surface area (Å²) in [5.74, 6) is -0.157. The Labute approximate surface area is 175 Å². The zero-order valence-electron chi connectivity index (χ0n) is 14.9. The van der Waals surface area contributed by atoms with E-state index in [-0.39, 0.29) is 5.91 Å². The molecular weight excluding hydrogens is 436 g/mol. The smallest absolute Gasteiger partial charge is 0.257 e. The zero-order chi connectivity index (χ0) is 19.3. The summed E-state index contributed by atoms with van der Waals surface area (Å²) in [6.45, 7) is 0.681. The average Bonchev–Trinajstić information content (AvgIpc) is 3.36. The molecule has 0 fully saturated rings. The van der Waals surface area contributed by atoms with E-state index in [1.807, 2.05) is 59.5 Å². The first-order chi connectivity index (χ1) is 13.7. The van der Waals surface area contributed by atoms with Crippen LogP contribution in [-0.2, 0) is 13.0 Å². The van der Waals surface area contributed by atoms with Crippen LogP contribution in [0.3, 0.4) is 0 Å². The minimum absolute atomic E-state index is 0.157. The number of thiazole rings is 1. The average molecular weight is 453 g/mol. The summed E-state index contributed by atoms with van der Waals surface area (Å²) in [7, 11) is 0. The van der Waals surface area contributed by atoms with Gasteiger partial charge in [-0.1, -0.05) is 40.2 Å². The fourth-order valence-corrected chi connectivity index (χ4v) is 3.87. The fraction of sp³-hybridized carbons (Fsp3) is 0.0952. The first-order valence-corrected chi connectivity index (χ1v) is 10.3. The second kappa shape index (κ2) is 8.50. The molecule has 1 N–H and O–H groups in total. The number of amides is 1. The molecule has 1 amide bonds. The predicted octanol–water partition coefficient (Wildman–Crippen LogP) is 4.99. The van der Waals surface area contributed by atoms with Gasteiger partial charge >= 0.3 is 0 Å². The van der Waals surface area contributed by atoms with Gasteiger partial charge in [-0.25, -0.2) is 4.98 Å². The van der Waals surface area contributed by atoms with Crippen LogP contribution < -0.4 is 5.32 Å². The Hall–Kier alpha value is -2.77. The summed E-state index contributed by atoms with van der Waals surface area (Å²) in [6, 6.07) is 17.6. The van der Waals surface area contributed by atoms with Crippen molar-refractivity contribution < 1.29 is 4.79 Å². The van der Waals surface area contributed by atoms with Gasteiger partial charge in [0, 0.05) is 39.9 Å². The highest BCUT2D eigenvalue weighted by Crippen LogP contribution is 2.22. The molecule has 4 rings (SSSR count). The standard InChI is InChI=1S/C21H17BrN4OS/c22-18-8-4-15(5-9-18)12-19-13-23-21(28-19)25-20(27)17-6-2-16(3-7-17)14-26-11-1-10-24-26/h1-11,13H,12,14H2,(H,23,25,27). The van der Waals surface area contributed by atoms with E-state index in [0.717, 1.165) is 21.3 Å². The molecule has 2 aromatic carbocycles. The Bertz CT molecular complexity index is 1060. The minimum Gasteiger partial charge on any atom is -0.298 e. The van der Waals surface area contributed by atoms with E-state index in [0.29, 0.717) is 17.2 Å². The number of hydrogen-bond donors (Lipinski definition) is 1. The van der Waals surface area contributed by atoms with Crippen LogP contribution in [0.2, 0.25) is 0 Å². The van der Waals surface area contributed by atoms with Gasteiger partial charge in [-0.3, -0.25) is 14.8 Å². The maximum atomic E-state index is 12.5. The second-order valence-electron chi connectivity index (χ2n) is 6.29. The van der Waals surface area contributed by atoms with Gasteiger partial charge in [-0.2, -0.15) is 5.10 Å². The van der Waals surface area contributed by atoms with E-state index in [1.165, 1.54) is 16.9 Å².